The van der Waals surface area contributed by atoms with E-state index in [0.717, 1.165) is 30.2 Å². The van der Waals surface area contributed by atoms with Gasteiger partial charge in [0.25, 0.3) is 5.91 Å². The van der Waals surface area contributed by atoms with Gasteiger partial charge in [-0.15, -0.1) is 11.3 Å². The van der Waals surface area contributed by atoms with Crippen LogP contribution in [0, 0.1) is 5.92 Å². The number of hydrogen-bond donors (Lipinski definition) is 1. The molecule has 2 aromatic rings. The summed E-state index contributed by atoms with van der Waals surface area (Å²) in [6, 6.07) is 8.29. The Kier molecular flexibility index (Phi) is 3.19. The number of thiophene rings is 1. The van der Waals surface area contributed by atoms with E-state index in [1.165, 1.54) is 10.1 Å². The average molecular weight is 274 g/mol. The van der Waals surface area contributed by atoms with E-state index in [2.05, 4.69) is 36.2 Å². The van der Waals surface area contributed by atoms with Gasteiger partial charge in [0.15, 0.2) is 0 Å². The number of carbonyl (C=O) groups excluding carboxylic acids is 1. The van der Waals surface area contributed by atoms with Crippen molar-refractivity contribution in [2.75, 3.05) is 24.5 Å². The van der Waals surface area contributed by atoms with Gasteiger partial charge in [-0.2, -0.15) is 0 Å². The fourth-order valence-electron chi connectivity index (χ4n) is 2.62. The Balaban J connectivity index is 2.18. The van der Waals surface area contributed by atoms with Gasteiger partial charge in [-0.3, -0.25) is 4.79 Å². The van der Waals surface area contributed by atoms with Crippen LogP contribution < -0.4 is 10.2 Å². The molecule has 1 aromatic carbocycles. The first-order valence-corrected chi connectivity index (χ1v) is 7.53. The smallest absolute Gasteiger partial charge is 0.263 e. The molecule has 1 aliphatic rings. The summed E-state index contributed by atoms with van der Waals surface area (Å²) < 4.78 is 1.19. The molecular formula is C15H18N2OS. The second-order valence-corrected chi connectivity index (χ2v) is 6.42. The number of nitrogens with zero attached hydrogens (tertiary/aromatic N) is 1. The zero-order valence-corrected chi connectivity index (χ0v) is 12.1. The average Bonchev–Trinajstić information content (AvgIpc) is 2.69. The molecule has 0 saturated heterocycles. The Morgan fingerprint density at radius 1 is 1.37 bits per heavy atom. The summed E-state index contributed by atoms with van der Waals surface area (Å²) >= 11 is 1.60. The zero-order chi connectivity index (χ0) is 13.4. The van der Waals surface area contributed by atoms with Gasteiger partial charge in [-0.25, -0.2) is 0 Å². The number of carbonyl (C=O) groups is 1. The largest absolute Gasteiger partial charge is 0.368 e. The third kappa shape index (κ3) is 2.21. The predicted octanol–water partition coefficient (Wildman–Crippen LogP) is 3.11. The number of anilines is 1. The fourth-order valence-corrected chi connectivity index (χ4v) is 3.76. The van der Waals surface area contributed by atoms with E-state index in [4.69, 9.17) is 0 Å². The van der Waals surface area contributed by atoms with E-state index in [9.17, 15) is 4.79 Å². The van der Waals surface area contributed by atoms with Crippen LogP contribution in [0.3, 0.4) is 0 Å². The van der Waals surface area contributed by atoms with Gasteiger partial charge in [0.1, 0.15) is 4.88 Å². The van der Waals surface area contributed by atoms with E-state index >= 15 is 0 Å². The quantitative estimate of drug-likeness (QED) is 0.912. The van der Waals surface area contributed by atoms with Gasteiger partial charge in [-0.05, 0) is 12.0 Å². The Morgan fingerprint density at radius 2 is 2.16 bits per heavy atom. The molecule has 0 atom stereocenters. The lowest BCUT2D eigenvalue weighted by Gasteiger charge is -2.25. The van der Waals surface area contributed by atoms with Gasteiger partial charge in [0.05, 0.1) is 5.69 Å². The first kappa shape index (κ1) is 12.5. The number of amides is 1. The lowest BCUT2D eigenvalue weighted by molar-refractivity contribution is 0.0962. The molecule has 19 heavy (non-hydrogen) atoms. The Labute approximate surface area is 117 Å². The second-order valence-electron chi connectivity index (χ2n) is 5.37. The van der Waals surface area contributed by atoms with Gasteiger partial charge < -0.3 is 10.2 Å². The minimum Gasteiger partial charge on any atom is -0.368 e. The molecular weight excluding hydrogens is 256 g/mol. The van der Waals surface area contributed by atoms with Crippen LogP contribution in [-0.2, 0) is 0 Å². The molecule has 0 radical (unpaired) electrons. The van der Waals surface area contributed by atoms with Crippen LogP contribution in [0.1, 0.15) is 23.5 Å². The number of rotatable bonds is 2. The molecule has 0 bridgehead atoms. The van der Waals surface area contributed by atoms with E-state index < -0.39 is 0 Å². The first-order chi connectivity index (χ1) is 9.16. The standard InChI is InChI=1S/C15H18N2OS/c1-10(2)9-17-8-7-16-15(18)14-13(17)11-5-3-4-6-12(11)19-14/h3-6,10H,7-9H2,1-2H3,(H,16,18). The van der Waals surface area contributed by atoms with Crippen molar-refractivity contribution in [3.8, 4) is 0 Å². The normalized spacial score (nSPS) is 15.5. The summed E-state index contributed by atoms with van der Waals surface area (Å²) in [7, 11) is 0. The highest BCUT2D eigenvalue weighted by Crippen LogP contribution is 2.39. The van der Waals surface area contributed by atoms with Gasteiger partial charge in [-0.1, -0.05) is 32.0 Å². The molecule has 1 N–H and O–H groups in total. The number of nitrogens with one attached hydrogen (secondary N) is 1. The molecule has 0 fully saturated rings. The van der Waals surface area contributed by atoms with E-state index in [0.29, 0.717) is 5.92 Å². The molecule has 1 aromatic heterocycles. The molecule has 1 aliphatic heterocycles. The molecule has 1 amide bonds. The molecule has 0 saturated carbocycles. The number of hydrogen-bond acceptors (Lipinski definition) is 3. The molecule has 100 valence electrons. The van der Waals surface area contributed by atoms with Crippen molar-refractivity contribution in [1.82, 2.24) is 5.32 Å². The highest BCUT2D eigenvalue weighted by Gasteiger charge is 2.25. The Bertz CT molecular complexity index is 618. The first-order valence-electron chi connectivity index (χ1n) is 6.71. The van der Waals surface area contributed by atoms with E-state index in [-0.39, 0.29) is 5.91 Å². The fraction of sp³-hybridized carbons (Fsp3) is 0.400. The molecule has 3 rings (SSSR count). The summed E-state index contributed by atoms with van der Waals surface area (Å²) in [6.07, 6.45) is 0. The van der Waals surface area contributed by atoms with Crippen molar-refractivity contribution in [2.45, 2.75) is 13.8 Å². The maximum Gasteiger partial charge on any atom is 0.263 e. The maximum absolute atomic E-state index is 12.2. The number of benzene rings is 1. The van der Waals surface area contributed by atoms with Crippen molar-refractivity contribution in [2.24, 2.45) is 5.92 Å². The Morgan fingerprint density at radius 3 is 2.95 bits per heavy atom. The minimum atomic E-state index is 0.0717. The van der Waals surface area contributed by atoms with E-state index in [1.807, 2.05) is 12.1 Å². The molecule has 4 heteroatoms. The molecule has 0 spiro atoms. The molecule has 0 aliphatic carbocycles. The lowest BCUT2D eigenvalue weighted by Crippen LogP contribution is -2.32. The van der Waals surface area contributed by atoms with Gasteiger partial charge in [0, 0.05) is 29.7 Å². The predicted molar refractivity (Wildman–Crippen MR) is 81.2 cm³/mol. The van der Waals surface area contributed by atoms with Crippen molar-refractivity contribution in [3.05, 3.63) is 29.1 Å². The van der Waals surface area contributed by atoms with Crippen LogP contribution in [-0.4, -0.2) is 25.5 Å². The van der Waals surface area contributed by atoms with Crippen LogP contribution in [0.2, 0.25) is 0 Å². The van der Waals surface area contributed by atoms with Crippen molar-refractivity contribution >= 4 is 33.0 Å². The van der Waals surface area contributed by atoms with Crippen LogP contribution in [0.4, 0.5) is 5.69 Å². The highest BCUT2D eigenvalue weighted by molar-refractivity contribution is 7.21. The summed E-state index contributed by atoms with van der Waals surface area (Å²) in [5.74, 6) is 0.655. The zero-order valence-electron chi connectivity index (χ0n) is 11.3. The van der Waals surface area contributed by atoms with Crippen molar-refractivity contribution < 1.29 is 4.79 Å². The highest BCUT2D eigenvalue weighted by atomic mass is 32.1. The summed E-state index contributed by atoms with van der Waals surface area (Å²) in [6.45, 7) is 7.03. The van der Waals surface area contributed by atoms with Crippen molar-refractivity contribution in [3.63, 3.8) is 0 Å². The van der Waals surface area contributed by atoms with Gasteiger partial charge in [0.2, 0.25) is 0 Å². The third-order valence-corrected chi connectivity index (χ3v) is 4.50. The van der Waals surface area contributed by atoms with Crippen LogP contribution >= 0.6 is 11.3 Å². The Hall–Kier alpha value is -1.55. The minimum absolute atomic E-state index is 0.0717. The van der Waals surface area contributed by atoms with Gasteiger partial charge >= 0.3 is 0 Å². The maximum atomic E-state index is 12.2. The van der Waals surface area contributed by atoms with Crippen molar-refractivity contribution in [1.29, 1.82) is 0 Å². The van der Waals surface area contributed by atoms with Crippen LogP contribution in [0.25, 0.3) is 10.1 Å². The summed E-state index contributed by atoms with van der Waals surface area (Å²) in [4.78, 5) is 15.4. The van der Waals surface area contributed by atoms with E-state index in [1.54, 1.807) is 11.3 Å². The molecule has 0 unspecified atom stereocenters. The van der Waals surface area contributed by atoms with Crippen LogP contribution in [0.5, 0.6) is 0 Å². The summed E-state index contributed by atoms with van der Waals surface area (Å²) in [5, 5.41) is 4.20. The summed E-state index contributed by atoms with van der Waals surface area (Å²) in [5.41, 5.74) is 1.13. The van der Waals surface area contributed by atoms with Crippen LogP contribution in [0.15, 0.2) is 24.3 Å². The monoisotopic (exact) mass is 274 g/mol. The third-order valence-electron chi connectivity index (χ3n) is 3.34. The topological polar surface area (TPSA) is 32.3 Å². The lowest BCUT2D eigenvalue weighted by atomic mass is 10.1. The molecule has 3 nitrogen and oxygen atoms in total. The molecule has 2 heterocycles. The SMILES string of the molecule is CC(C)CN1CCNC(=O)c2sc3ccccc3c21. The second kappa shape index (κ2) is 4.85. The number of fused-ring (bicyclic) bond motifs is 3.